The fourth-order valence-corrected chi connectivity index (χ4v) is 3.34. The highest BCUT2D eigenvalue weighted by atomic mass is 16.5. The Balaban J connectivity index is 1.43. The van der Waals surface area contributed by atoms with Gasteiger partial charge in [0.2, 0.25) is 0 Å². The molecule has 1 heterocycles. The molecule has 0 radical (unpaired) electrons. The SMILES string of the molecule is COc1ccc(C=Nc2ccc(N3CCOCC3)cc2)cc1OCc1ccccc1. The molecular formula is C25H26N2O3. The Morgan fingerprint density at radius 1 is 0.933 bits per heavy atom. The van der Waals surface area contributed by atoms with Crippen LogP contribution in [0.2, 0.25) is 0 Å². The van der Waals surface area contributed by atoms with Crippen molar-refractivity contribution in [3.05, 3.63) is 83.9 Å². The van der Waals surface area contributed by atoms with Crippen molar-refractivity contribution in [1.82, 2.24) is 0 Å². The summed E-state index contributed by atoms with van der Waals surface area (Å²) in [6, 6.07) is 24.2. The fourth-order valence-electron chi connectivity index (χ4n) is 3.34. The first-order valence-electron chi connectivity index (χ1n) is 10.1. The molecular weight excluding hydrogens is 376 g/mol. The second kappa shape index (κ2) is 9.94. The highest BCUT2D eigenvalue weighted by Crippen LogP contribution is 2.29. The molecule has 0 atom stereocenters. The molecule has 154 valence electrons. The van der Waals surface area contributed by atoms with Crippen LogP contribution >= 0.6 is 0 Å². The van der Waals surface area contributed by atoms with Gasteiger partial charge in [-0.15, -0.1) is 0 Å². The van der Waals surface area contributed by atoms with E-state index in [1.54, 1.807) is 7.11 Å². The van der Waals surface area contributed by atoms with Gasteiger partial charge < -0.3 is 19.1 Å². The number of hydrogen-bond acceptors (Lipinski definition) is 5. The van der Waals surface area contributed by atoms with Crippen LogP contribution in [0, 0.1) is 0 Å². The first kappa shape index (κ1) is 20.0. The van der Waals surface area contributed by atoms with E-state index in [4.69, 9.17) is 14.2 Å². The van der Waals surface area contributed by atoms with Gasteiger partial charge in [-0.25, -0.2) is 0 Å². The molecule has 4 rings (SSSR count). The number of anilines is 1. The minimum absolute atomic E-state index is 0.487. The fraction of sp³-hybridized carbons (Fsp3) is 0.240. The molecule has 0 aliphatic carbocycles. The number of methoxy groups -OCH3 is 1. The number of rotatable bonds is 7. The van der Waals surface area contributed by atoms with E-state index in [1.807, 2.05) is 66.9 Å². The van der Waals surface area contributed by atoms with E-state index in [0.717, 1.165) is 43.1 Å². The molecule has 5 heteroatoms. The Morgan fingerprint density at radius 3 is 2.43 bits per heavy atom. The molecule has 3 aromatic rings. The monoisotopic (exact) mass is 402 g/mol. The molecule has 3 aromatic carbocycles. The van der Waals surface area contributed by atoms with Gasteiger partial charge >= 0.3 is 0 Å². The number of nitrogens with zero attached hydrogens (tertiary/aromatic N) is 2. The highest BCUT2D eigenvalue weighted by Gasteiger charge is 2.10. The van der Waals surface area contributed by atoms with Gasteiger partial charge in [0.1, 0.15) is 6.61 Å². The van der Waals surface area contributed by atoms with Gasteiger partial charge in [0, 0.05) is 25.0 Å². The predicted molar refractivity (Wildman–Crippen MR) is 120 cm³/mol. The number of morpholine rings is 1. The zero-order valence-corrected chi connectivity index (χ0v) is 17.2. The van der Waals surface area contributed by atoms with Gasteiger partial charge in [-0.2, -0.15) is 0 Å². The summed E-state index contributed by atoms with van der Waals surface area (Å²) in [6.07, 6.45) is 1.85. The van der Waals surface area contributed by atoms with E-state index in [-0.39, 0.29) is 0 Å². The van der Waals surface area contributed by atoms with Gasteiger partial charge in [0.15, 0.2) is 11.5 Å². The van der Waals surface area contributed by atoms with Crippen molar-refractivity contribution in [2.45, 2.75) is 6.61 Å². The minimum atomic E-state index is 0.487. The Bertz CT molecular complexity index is 965. The molecule has 1 aliphatic rings. The molecule has 5 nitrogen and oxygen atoms in total. The summed E-state index contributed by atoms with van der Waals surface area (Å²) in [4.78, 5) is 6.94. The molecule has 30 heavy (non-hydrogen) atoms. The number of aliphatic imine (C=N–C) groups is 1. The van der Waals surface area contributed by atoms with Gasteiger partial charge in [-0.3, -0.25) is 4.99 Å². The largest absolute Gasteiger partial charge is 0.493 e. The molecule has 0 bridgehead atoms. The van der Waals surface area contributed by atoms with Gasteiger partial charge in [-0.1, -0.05) is 30.3 Å². The average Bonchev–Trinajstić information content (AvgIpc) is 2.83. The van der Waals surface area contributed by atoms with Crippen LogP contribution in [-0.2, 0) is 11.3 Å². The molecule has 0 amide bonds. The predicted octanol–water partition coefficient (Wildman–Crippen LogP) is 4.86. The molecule has 0 saturated carbocycles. The average molecular weight is 402 g/mol. The number of ether oxygens (including phenoxy) is 3. The van der Waals surface area contributed by atoms with Crippen LogP contribution in [0.4, 0.5) is 11.4 Å². The van der Waals surface area contributed by atoms with Crippen molar-refractivity contribution in [3.63, 3.8) is 0 Å². The van der Waals surface area contributed by atoms with Gasteiger partial charge in [0.05, 0.1) is 26.0 Å². The Hall–Kier alpha value is -3.31. The van der Waals surface area contributed by atoms with Crippen LogP contribution in [0.1, 0.15) is 11.1 Å². The summed E-state index contributed by atoms with van der Waals surface area (Å²) in [7, 11) is 1.65. The second-order valence-corrected chi connectivity index (χ2v) is 7.06. The summed E-state index contributed by atoms with van der Waals surface area (Å²) in [5.41, 5.74) is 4.18. The van der Waals surface area contributed by atoms with E-state index < -0.39 is 0 Å². The van der Waals surface area contributed by atoms with Gasteiger partial charge in [-0.05, 0) is 53.6 Å². The second-order valence-electron chi connectivity index (χ2n) is 7.06. The summed E-state index contributed by atoms with van der Waals surface area (Å²) in [5, 5.41) is 0. The molecule has 0 aromatic heterocycles. The van der Waals surface area contributed by atoms with Crippen molar-refractivity contribution >= 4 is 17.6 Å². The molecule has 1 aliphatic heterocycles. The lowest BCUT2D eigenvalue weighted by molar-refractivity contribution is 0.122. The standard InChI is InChI=1S/C25H26N2O3/c1-28-24-12-7-21(17-25(24)30-19-20-5-3-2-4-6-20)18-26-22-8-10-23(11-9-22)27-13-15-29-16-14-27/h2-12,17-18H,13-16,19H2,1H3. The Labute approximate surface area is 177 Å². The topological polar surface area (TPSA) is 43.3 Å². The lowest BCUT2D eigenvalue weighted by atomic mass is 10.2. The maximum Gasteiger partial charge on any atom is 0.162 e. The quantitative estimate of drug-likeness (QED) is 0.529. The first-order valence-corrected chi connectivity index (χ1v) is 10.1. The molecule has 1 saturated heterocycles. The van der Waals surface area contributed by atoms with Crippen molar-refractivity contribution in [1.29, 1.82) is 0 Å². The maximum atomic E-state index is 5.99. The van der Waals surface area contributed by atoms with E-state index in [0.29, 0.717) is 18.1 Å². The van der Waals surface area contributed by atoms with Crippen molar-refractivity contribution in [2.24, 2.45) is 4.99 Å². The zero-order valence-electron chi connectivity index (χ0n) is 17.2. The third kappa shape index (κ3) is 5.19. The smallest absolute Gasteiger partial charge is 0.162 e. The van der Waals surface area contributed by atoms with E-state index in [9.17, 15) is 0 Å². The summed E-state index contributed by atoms with van der Waals surface area (Å²) in [5.74, 6) is 1.41. The lowest BCUT2D eigenvalue weighted by Gasteiger charge is -2.28. The van der Waals surface area contributed by atoms with Crippen LogP contribution in [0.5, 0.6) is 11.5 Å². The molecule has 0 N–H and O–H groups in total. The number of hydrogen-bond donors (Lipinski definition) is 0. The van der Waals surface area contributed by atoms with Crippen molar-refractivity contribution in [3.8, 4) is 11.5 Å². The van der Waals surface area contributed by atoms with Crippen LogP contribution in [0.3, 0.4) is 0 Å². The van der Waals surface area contributed by atoms with Crippen LogP contribution < -0.4 is 14.4 Å². The summed E-state index contributed by atoms with van der Waals surface area (Å²) >= 11 is 0. The number of benzene rings is 3. The van der Waals surface area contributed by atoms with Crippen LogP contribution in [0.15, 0.2) is 77.8 Å². The van der Waals surface area contributed by atoms with Crippen LogP contribution in [0.25, 0.3) is 0 Å². The minimum Gasteiger partial charge on any atom is -0.493 e. The van der Waals surface area contributed by atoms with E-state index >= 15 is 0 Å². The highest BCUT2D eigenvalue weighted by molar-refractivity contribution is 5.83. The molecule has 0 unspecified atom stereocenters. The third-order valence-electron chi connectivity index (χ3n) is 5.01. The zero-order chi connectivity index (χ0) is 20.6. The molecule has 0 spiro atoms. The summed E-state index contributed by atoms with van der Waals surface area (Å²) in [6.45, 7) is 3.92. The van der Waals surface area contributed by atoms with Crippen molar-refractivity contribution in [2.75, 3.05) is 38.3 Å². The van der Waals surface area contributed by atoms with Crippen molar-refractivity contribution < 1.29 is 14.2 Å². The van der Waals surface area contributed by atoms with E-state index in [1.165, 1.54) is 5.69 Å². The Kier molecular flexibility index (Phi) is 6.62. The molecule has 1 fully saturated rings. The normalized spacial score (nSPS) is 14.1. The summed E-state index contributed by atoms with van der Waals surface area (Å²) < 4.78 is 16.8. The van der Waals surface area contributed by atoms with E-state index in [2.05, 4.69) is 22.0 Å². The van der Waals surface area contributed by atoms with Gasteiger partial charge in [0.25, 0.3) is 0 Å². The maximum absolute atomic E-state index is 5.99. The first-order chi connectivity index (χ1) is 14.8. The lowest BCUT2D eigenvalue weighted by Crippen LogP contribution is -2.36. The van der Waals surface area contributed by atoms with Crippen LogP contribution in [-0.4, -0.2) is 39.6 Å². The Morgan fingerprint density at radius 2 is 1.70 bits per heavy atom. The third-order valence-corrected chi connectivity index (χ3v) is 5.01.